The molecular weight excluding hydrogens is 531 g/mol. The van der Waals surface area contributed by atoms with Gasteiger partial charge in [-0.15, -0.1) is 0 Å². The number of para-hydroxylation sites is 1. The van der Waals surface area contributed by atoms with Crippen molar-refractivity contribution in [1.82, 2.24) is 19.5 Å². The monoisotopic (exact) mass is 552 g/mol. The molecule has 3 aromatic heterocycles. The van der Waals surface area contributed by atoms with Gasteiger partial charge in [-0.2, -0.15) is 0 Å². The fourth-order valence-electron chi connectivity index (χ4n) is 5.39. The second kappa shape index (κ2) is 8.49. The Morgan fingerprint density at radius 1 is 0.447 bits per heavy atom. The summed E-state index contributed by atoms with van der Waals surface area (Å²) in [6, 6.07) is 42.2. The Bertz CT molecular complexity index is 2070. The Hall–Kier alpha value is -4.57. The second-order valence-electron chi connectivity index (χ2n) is 9.30. The molecule has 8 aromatic rings. The van der Waals surface area contributed by atoms with Gasteiger partial charge in [0, 0.05) is 0 Å². The Morgan fingerprint density at radius 2 is 1.05 bits per heavy atom. The van der Waals surface area contributed by atoms with Gasteiger partial charge in [0.25, 0.3) is 0 Å². The third-order valence-corrected chi connectivity index (χ3v) is 9.45. The van der Waals surface area contributed by atoms with Gasteiger partial charge in [0.2, 0.25) is 0 Å². The summed E-state index contributed by atoms with van der Waals surface area (Å²) in [6.07, 6.45) is 0. The molecule has 0 saturated carbocycles. The quantitative estimate of drug-likeness (QED) is 0.212. The molecule has 178 valence electrons. The molecule has 0 aliphatic heterocycles. The van der Waals surface area contributed by atoms with E-state index in [4.69, 9.17) is 15.0 Å². The SMILES string of the molecule is c1ccc(-c2nc(-c3ccccc3)nc(-n3c4ccccc4c4c5c(ccc43)[se]c3ccccc35)n2)cc1. The summed E-state index contributed by atoms with van der Waals surface area (Å²) in [5, 5.41) is 5.19. The summed E-state index contributed by atoms with van der Waals surface area (Å²) >= 11 is 0.303. The molecule has 0 unspecified atom stereocenters. The maximum atomic E-state index is 5.05. The molecule has 0 radical (unpaired) electrons. The molecule has 0 saturated heterocycles. The summed E-state index contributed by atoms with van der Waals surface area (Å²) in [7, 11) is 0. The molecule has 0 bridgehead atoms. The number of benzene rings is 5. The Labute approximate surface area is 224 Å². The molecule has 0 N–H and O–H groups in total. The molecule has 3 heterocycles. The van der Waals surface area contributed by atoms with E-state index in [2.05, 4.69) is 65.2 Å². The maximum absolute atomic E-state index is 5.05. The van der Waals surface area contributed by atoms with Crippen LogP contribution in [0.3, 0.4) is 0 Å². The summed E-state index contributed by atoms with van der Waals surface area (Å²) in [5.74, 6) is 1.95. The van der Waals surface area contributed by atoms with Crippen LogP contribution >= 0.6 is 0 Å². The van der Waals surface area contributed by atoms with Crippen LogP contribution in [-0.4, -0.2) is 34.0 Å². The second-order valence-corrected chi connectivity index (χ2v) is 11.6. The van der Waals surface area contributed by atoms with E-state index in [1.807, 2.05) is 60.7 Å². The van der Waals surface area contributed by atoms with Gasteiger partial charge in [-0.05, 0) is 0 Å². The van der Waals surface area contributed by atoms with Crippen molar-refractivity contribution in [1.29, 1.82) is 0 Å². The average molecular weight is 552 g/mol. The normalized spacial score (nSPS) is 11.7. The van der Waals surface area contributed by atoms with Gasteiger partial charge in [0.15, 0.2) is 0 Å². The Morgan fingerprint density at radius 3 is 1.76 bits per heavy atom. The zero-order chi connectivity index (χ0) is 25.1. The molecule has 0 spiro atoms. The van der Waals surface area contributed by atoms with Gasteiger partial charge in [0.05, 0.1) is 0 Å². The predicted molar refractivity (Wildman–Crippen MR) is 157 cm³/mol. The fourth-order valence-corrected chi connectivity index (χ4v) is 7.72. The molecule has 5 aromatic carbocycles. The van der Waals surface area contributed by atoms with E-state index in [0.717, 1.165) is 22.2 Å². The van der Waals surface area contributed by atoms with Gasteiger partial charge in [-0.3, -0.25) is 0 Å². The van der Waals surface area contributed by atoms with Gasteiger partial charge < -0.3 is 0 Å². The molecular formula is C33H20N4Se. The first-order chi connectivity index (χ1) is 18.8. The van der Waals surface area contributed by atoms with Gasteiger partial charge in [-0.1, -0.05) is 0 Å². The Balaban J connectivity index is 1.51. The summed E-state index contributed by atoms with van der Waals surface area (Å²) in [5.41, 5.74) is 4.14. The first-order valence-electron chi connectivity index (χ1n) is 12.6. The zero-order valence-electron chi connectivity index (χ0n) is 20.2. The van der Waals surface area contributed by atoms with E-state index in [0.29, 0.717) is 32.1 Å². The number of nitrogens with zero attached hydrogens (tertiary/aromatic N) is 4. The summed E-state index contributed by atoms with van der Waals surface area (Å²) in [4.78, 5) is 15.0. The number of fused-ring (bicyclic) bond motifs is 7. The van der Waals surface area contributed by atoms with Crippen molar-refractivity contribution < 1.29 is 0 Å². The van der Waals surface area contributed by atoms with Crippen molar-refractivity contribution in [3.8, 4) is 28.7 Å². The van der Waals surface area contributed by atoms with Crippen molar-refractivity contribution in [2.75, 3.05) is 0 Å². The number of aromatic nitrogens is 4. The fraction of sp³-hybridized carbons (Fsp3) is 0. The third kappa shape index (κ3) is 3.26. The van der Waals surface area contributed by atoms with Crippen LogP contribution in [0.1, 0.15) is 0 Å². The molecule has 0 amide bonds. The third-order valence-electron chi connectivity index (χ3n) is 7.06. The minimum atomic E-state index is 0.303. The molecule has 5 heteroatoms. The molecule has 38 heavy (non-hydrogen) atoms. The van der Waals surface area contributed by atoms with E-state index < -0.39 is 0 Å². The molecule has 0 atom stereocenters. The molecule has 0 aliphatic rings. The van der Waals surface area contributed by atoms with Crippen molar-refractivity contribution >= 4 is 55.6 Å². The van der Waals surface area contributed by atoms with Crippen LogP contribution in [0.5, 0.6) is 0 Å². The van der Waals surface area contributed by atoms with E-state index in [1.54, 1.807) is 0 Å². The zero-order valence-corrected chi connectivity index (χ0v) is 22.0. The molecule has 8 rings (SSSR count). The van der Waals surface area contributed by atoms with E-state index in [1.165, 1.54) is 30.1 Å². The van der Waals surface area contributed by atoms with Crippen molar-refractivity contribution in [2.24, 2.45) is 0 Å². The average Bonchev–Trinajstić information content (AvgIpc) is 3.53. The van der Waals surface area contributed by atoms with E-state index >= 15 is 0 Å². The topological polar surface area (TPSA) is 43.6 Å². The van der Waals surface area contributed by atoms with Gasteiger partial charge in [0.1, 0.15) is 0 Å². The van der Waals surface area contributed by atoms with Crippen LogP contribution in [0.15, 0.2) is 121 Å². The first kappa shape index (κ1) is 21.5. The molecule has 0 aliphatic carbocycles. The van der Waals surface area contributed by atoms with Crippen molar-refractivity contribution in [3.05, 3.63) is 121 Å². The summed E-state index contributed by atoms with van der Waals surface area (Å²) < 4.78 is 5.08. The van der Waals surface area contributed by atoms with Crippen molar-refractivity contribution in [2.45, 2.75) is 0 Å². The molecule has 0 fully saturated rings. The standard InChI is InChI=1S/C33H20N4Se/c1-3-11-21(12-4-1)31-34-32(22-13-5-2-6-14-22)36-33(35-31)37-25-17-9-7-15-23(25)29-26(37)19-20-28-30(29)24-16-8-10-18-27(24)38-28/h1-20H. The van der Waals surface area contributed by atoms with Crippen molar-refractivity contribution in [3.63, 3.8) is 0 Å². The summed E-state index contributed by atoms with van der Waals surface area (Å²) in [6.45, 7) is 0. The Kier molecular flexibility index (Phi) is 4.80. The number of hydrogen-bond acceptors (Lipinski definition) is 3. The van der Waals surface area contributed by atoms with Crippen LogP contribution in [0.2, 0.25) is 0 Å². The van der Waals surface area contributed by atoms with Crippen LogP contribution < -0.4 is 0 Å². The van der Waals surface area contributed by atoms with E-state index in [-0.39, 0.29) is 0 Å². The minimum absolute atomic E-state index is 0.303. The molecule has 4 nitrogen and oxygen atoms in total. The van der Waals surface area contributed by atoms with E-state index in [9.17, 15) is 0 Å². The van der Waals surface area contributed by atoms with Gasteiger partial charge >= 0.3 is 225 Å². The van der Waals surface area contributed by atoms with Gasteiger partial charge in [-0.25, -0.2) is 0 Å². The van der Waals surface area contributed by atoms with Crippen LogP contribution in [-0.2, 0) is 0 Å². The van der Waals surface area contributed by atoms with Crippen LogP contribution in [0.25, 0.3) is 69.8 Å². The predicted octanol–water partition coefficient (Wildman–Crippen LogP) is 7.67. The first-order valence-corrected chi connectivity index (χ1v) is 14.3. The van der Waals surface area contributed by atoms with Crippen LogP contribution in [0.4, 0.5) is 0 Å². The number of hydrogen-bond donors (Lipinski definition) is 0. The number of rotatable bonds is 3. The van der Waals surface area contributed by atoms with Crippen LogP contribution in [0, 0.1) is 0 Å².